The van der Waals surface area contributed by atoms with Crippen LogP contribution in [0.25, 0.3) is 10.2 Å². The third kappa shape index (κ3) is 4.43. The summed E-state index contributed by atoms with van der Waals surface area (Å²) in [5.74, 6) is 1.86. The quantitative estimate of drug-likeness (QED) is 0.528. The molecule has 0 aliphatic rings. The first-order chi connectivity index (χ1) is 14.1. The second kappa shape index (κ2) is 9.29. The number of hydrogen-bond acceptors (Lipinski definition) is 6. The zero-order valence-electron chi connectivity index (χ0n) is 16.5. The van der Waals surface area contributed by atoms with E-state index in [2.05, 4.69) is 11.6 Å². The fourth-order valence-corrected chi connectivity index (χ4v) is 3.87. The number of fused-ring (bicyclic) bond motifs is 1. The van der Waals surface area contributed by atoms with E-state index in [9.17, 15) is 4.79 Å². The normalized spacial score (nSPS) is 11.3. The maximum absolute atomic E-state index is 12.5. The van der Waals surface area contributed by atoms with Gasteiger partial charge in [-0.2, -0.15) is 4.99 Å². The number of aromatic nitrogens is 1. The highest BCUT2D eigenvalue weighted by Crippen LogP contribution is 2.33. The molecule has 0 radical (unpaired) electrons. The molecule has 0 saturated carbocycles. The molecule has 2 aromatic carbocycles. The highest BCUT2D eigenvalue weighted by molar-refractivity contribution is 7.16. The van der Waals surface area contributed by atoms with Gasteiger partial charge in [0.15, 0.2) is 34.4 Å². The van der Waals surface area contributed by atoms with Gasteiger partial charge in [-0.05, 0) is 12.1 Å². The molecular weight excluding hydrogens is 392 g/mol. The zero-order chi connectivity index (χ0) is 20.8. The smallest absolute Gasteiger partial charge is 0.286 e. The summed E-state index contributed by atoms with van der Waals surface area (Å²) >= 11 is 1.38. The zero-order valence-corrected chi connectivity index (χ0v) is 17.3. The van der Waals surface area contributed by atoms with Crippen LogP contribution in [0.5, 0.6) is 23.0 Å². The molecule has 0 atom stereocenters. The average Bonchev–Trinajstić information content (AvgIpc) is 3.07. The van der Waals surface area contributed by atoms with Crippen LogP contribution >= 0.6 is 11.3 Å². The minimum Gasteiger partial charge on any atom is -0.493 e. The average molecular weight is 414 g/mol. The molecule has 0 aliphatic carbocycles. The maximum atomic E-state index is 12.5. The van der Waals surface area contributed by atoms with Gasteiger partial charge in [0.2, 0.25) is 0 Å². The standard InChI is InChI=1S/C21H22N2O5S/c1-5-10-23-14-11-17(26-3)18(27-4)12-19(14)29-21(23)22-20(24)13-28-16-9-7-6-8-15(16)25-2/h5-9,11-12H,1,10,13H2,2-4H3. The summed E-state index contributed by atoms with van der Waals surface area (Å²) in [4.78, 5) is 17.2. The Hall–Kier alpha value is -3.26. The molecule has 7 nitrogen and oxygen atoms in total. The first-order valence-corrected chi connectivity index (χ1v) is 9.62. The summed E-state index contributed by atoms with van der Waals surface area (Å²) in [5, 5.41) is 0. The van der Waals surface area contributed by atoms with Crippen molar-refractivity contribution in [2.45, 2.75) is 6.54 Å². The molecule has 3 aromatic rings. The Morgan fingerprint density at radius 1 is 1.07 bits per heavy atom. The Morgan fingerprint density at radius 3 is 2.38 bits per heavy atom. The Morgan fingerprint density at radius 2 is 1.72 bits per heavy atom. The van der Waals surface area contributed by atoms with Crippen molar-refractivity contribution in [1.29, 1.82) is 0 Å². The number of allylic oxidation sites excluding steroid dienone is 1. The second-order valence-corrected chi connectivity index (χ2v) is 6.91. The minimum atomic E-state index is -0.404. The minimum absolute atomic E-state index is 0.199. The van der Waals surface area contributed by atoms with Crippen molar-refractivity contribution in [3.05, 3.63) is 53.9 Å². The van der Waals surface area contributed by atoms with E-state index in [1.165, 1.54) is 11.3 Å². The van der Waals surface area contributed by atoms with E-state index < -0.39 is 5.91 Å². The van der Waals surface area contributed by atoms with Crippen LogP contribution in [-0.4, -0.2) is 38.4 Å². The number of methoxy groups -OCH3 is 3. The van der Waals surface area contributed by atoms with Gasteiger partial charge >= 0.3 is 0 Å². The van der Waals surface area contributed by atoms with Crippen LogP contribution in [0.2, 0.25) is 0 Å². The third-order valence-corrected chi connectivity index (χ3v) is 5.18. The predicted octanol–water partition coefficient (Wildman–Crippen LogP) is 3.42. The largest absolute Gasteiger partial charge is 0.493 e. The van der Waals surface area contributed by atoms with E-state index in [4.69, 9.17) is 18.9 Å². The van der Waals surface area contributed by atoms with E-state index in [0.29, 0.717) is 34.3 Å². The van der Waals surface area contributed by atoms with Crippen molar-refractivity contribution in [1.82, 2.24) is 4.57 Å². The van der Waals surface area contributed by atoms with Gasteiger partial charge in [-0.15, -0.1) is 6.58 Å². The van der Waals surface area contributed by atoms with Crippen LogP contribution < -0.4 is 23.7 Å². The number of para-hydroxylation sites is 2. The maximum Gasteiger partial charge on any atom is 0.286 e. The SMILES string of the molecule is C=CCn1c(=NC(=O)COc2ccccc2OC)sc2cc(OC)c(OC)cc21. The van der Waals surface area contributed by atoms with Gasteiger partial charge in [0.1, 0.15) is 0 Å². The van der Waals surface area contributed by atoms with Crippen LogP contribution in [0, 0.1) is 0 Å². The monoisotopic (exact) mass is 414 g/mol. The van der Waals surface area contributed by atoms with Crippen molar-refractivity contribution >= 4 is 27.5 Å². The summed E-state index contributed by atoms with van der Waals surface area (Å²) in [6.07, 6.45) is 1.75. The topological polar surface area (TPSA) is 71.3 Å². The van der Waals surface area contributed by atoms with Crippen molar-refractivity contribution in [3.8, 4) is 23.0 Å². The third-order valence-electron chi connectivity index (χ3n) is 4.14. The molecule has 3 rings (SSSR count). The molecule has 0 saturated heterocycles. The number of nitrogens with zero attached hydrogens (tertiary/aromatic N) is 2. The number of ether oxygens (including phenoxy) is 4. The molecule has 1 heterocycles. The number of rotatable bonds is 8. The number of carbonyl (C=O) groups excluding carboxylic acids is 1. The summed E-state index contributed by atoms with van der Waals surface area (Å²) < 4.78 is 24.4. The van der Waals surface area contributed by atoms with Gasteiger partial charge in [-0.3, -0.25) is 4.79 Å². The molecule has 0 unspecified atom stereocenters. The fourth-order valence-electron chi connectivity index (χ4n) is 2.80. The lowest BCUT2D eigenvalue weighted by Gasteiger charge is -2.08. The molecular formula is C21H22N2O5S. The lowest BCUT2D eigenvalue weighted by molar-refractivity contribution is -0.120. The van der Waals surface area contributed by atoms with E-state index in [1.54, 1.807) is 39.5 Å². The van der Waals surface area contributed by atoms with Crippen molar-refractivity contribution < 1.29 is 23.7 Å². The molecule has 29 heavy (non-hydrogen) atoms. The van der Waals surface area contributed by atoms with Crippen LogP contribution in [0.4, 0.5) is 0 Å². The molecule has 1 aromatic heterocycles. The first-order valence-electron chi connectivity index (χ1n) is 8.81. The van der Waals surface area contributed by atoms with E-state index >= 15 is 0 Å². The van der Waals surface area contributed by atoms with Crippen LogP contribution in [0.15, 0.2) is 54.0 Å². The number of amides is 1. The molecule has 8 heteroatoms. The fraction of sp³-hybridized carbons (Fsp3) is 0.238. The van der Waals surface area contributed by atoms with Crippen molar-refractivity contribution in [2.75, 3.05) is 27.9 Å². The number of benzene rings is 2. The van der Waals surface area contributed by atoms with Gasteiger partial charge < -0.3 is 23.5 Å². The Balaban J connectivity index is 1.94. The van der Waals surface area contributed by atoms with Gasteiger partial charge in [0.05, 0.1) is 31.5 Å². The summed E-state index contributed by atoms with van der Waals surface area (Å²) in [6.45, 7) is 4.09. The highest BCUT2D eigenvalue weighted by Gasteiger charge is 2.13. The number of hydrogen-bond donors (Lipinski definition) is 0. The highest BCUT2D eigenvalue weighted by atomic mass is 32.1. The summed E-state index contributed by atoms with van der Waals surface area (Å²) in [5.41, 5.74) is 0.879. The molecule has 1 amide bonds. The number of carbonyl (C=O) groups is 1. The van der Waals surface area contributed by atoms with Gasteiger partial charge in [0.25, 0.3) is 5.91 Å². The first kappa shape index (κ1) is 20.5. The molecule has 0 N–H and O–H groups in total. The lowest BCUT2D eigenvalue weighted by atomic mass is 10.3. The van der Waals surface area contributed by atoms with Crippen molar-refractivity contribution in [3.63, 3.8) is 0 Å². The molecule has 0 fully saturated rings. The van der Waals surface area contributed by atoms with Gasteiger partial charge in [0, 0.05) is 18.7 Å². The lowest BCUT2D eigenvalue weighted by Crippen LogP contribution is -2.19. The summed E-state index contributed by atoms with van der Waals surface area (Å²) in [7, 11) is 4.71. The second-order valence-electron chi connectivity index (χ2n) is 5.90. The predicted molar refractivity (Wildman–Crippen MR) is 112 cm³/mol. The van der Waals surface area contributed by atoms with E-state index in [1.807, 2.05) is 28.8 Å². The number of thiazole rings is 1. The van der Waals surface area contributed by atoms with Crippen molar-refractivity contribution in [2.24, 2.45) is 4.99 Å². The van der Waals surface area contributed by atoms with Gasteiger partial charge in [-0.1, -0.05) is 29.5 Å². The van der Waals surface area contributed by atoms with E-state index in [0.717, 1.165) is 10.2 Å². The molecule has 0 spiro atoms. The van der Waals surface area contributed by atoms with Gasteiger partial charge in [-0.25, -0.2) is 0 Å². The Bertz CT molecular complexity index is 1100. The Labute approximate surface area is 172 Å². The van der Waals surface area contributed by atoms with E-state index in [-0.39, 0.29) is 6.61 Å². The van der Waals surface area contributed by atoms with Crippen LogP contribution in [0.3, 0.4) is 0 Å². The summed E-state index contributed by atoms with van der Waals surface area (Å²) in [6, 6.07) is 10.9. The van der Waals surface area contributed by atoms with Crippen LogP contribution in [0.1, 0.15) is 0 Å². The Kier molecular flexibility index (Phi) is 6.56. The molecule has 0 aliphatic heterocycles. The molecule has 0 bridgehead atoms. The van der Waals surface area contributed by atoms with Crippen LogP contribution in [-0.2, 0) is 11.3 Å². The molecule has 152 valence electrons.